The van der Waals surface area contributed by atoms with Gasteiger partial charge in [-0.15, -0.1) is 0 Å². The second-order valence-electron chi connectivity index (χ2n) is 7.74. The molecule has 1 aliphatic heterocycles. The molecular weight excluding hydrogens is 472 g/mol. The number of nitrogens with zero attached hydrogens (tertiary/aromatic N) is 4. The topological polar surface area (TPSA) is 106 Å². The number of pyridine rings is 1. The minimum Gasteiger partial charge on any atom is -0.489 e. The van der Waals surface area contributed by atoms with Crippen molar-refractivity contribution in [3.63, 3.8) is 0 Å². The van der Waals surface area contributed by atoms with Crippen LogP contribution in [0.4, 0.5) is 15.0 Å². The van der Waals surface area contributed by atoms with Gasteiger partial charge in [-0.1, -0.05) is 23.2 Å². The van der Waals surface area contributed by atoms with Crippen LogP contribution in [0.25, 0.3) is 11.1 Å². The van der Waals surface area contributed by atoms with Crippen molar-refractivity contribution in [1.82, 2.24) is 19.7 Å². The van der Waals surface area contributed by atoms with Crippen molar-refractivity contribution in [2.75, 3.05) is 25.4 Å². The second-order valence-corrected chi connectivity index (χ2v) is 8.52. The molecule has 174 valence electrons. The number of halogens is 3. The number of aromatic nitrogens is 3. The molecule has 11 heteroatoms. The van der Waals surface area contributed by atoms with E-state index in [1.54, 1.807) is 18.5 Å². The summed E-state index contributed by atoms with van der Waals surface area (Å²) in [6.45, 7) is 1.14. The molecule has 4 rings (SSSR count). The van der Waals surface area contributed by atoms with E-state index in [0.717, 1.165) is 11.1 Å². The monoisotopic (exact) mass is 493 g/mol. The molecule has 3 heterocycles. The number of nitrogen functional groups attached to an aromatic ring is 1. The molecule has 0 unspecified atom stereocenters. The maximum atomic E-state index is 13.7. The van der Waals surface area contributed by atoms with E-state index in [2.05, 4.69) is 10.1 Å². The average molecular weight is 494 g/mol. The summed E-state index contributed by atoms with van der Waals surface area (Å²) in [5.41, 5.74) is 8.05. The zero-order valence-electron chi connectivity index (χ0n) is 17.5. The Morgan fingerprint density at radius 2 is 2.00 bits per heavy atom. The van der Waals surface area contributed by atoms with Crippen LogP contribution in [0, 0.1) is 5.82 Å². The molecule has 33 heavy (non-hydrogen) atoms. The third-order valence-electron chi connectivity index (χ3n) is 5.67. The lowest BCUT2D eigenvalue weighted by molar-refractivity contribution is 0.124. The fraction of sp³-hybridized carbons (Fsp3) is 0.318. The Morgan fingerprint density at radius 3 is 2.73 bits per heavy atom. The molecule has 1 aliphatic rings. The van der Waals surface area contributed by atoms with Crippen molar-refractivity contribution in [2.24, 2.45) is 0 Å². The summed E-state index contributed by atoms with van der Waals surface area (Å²) >= 11 is 12.1. The lowest BCUT2D eigenvalue weighted by Gasteiger charge is -2.30. The van der Waals surface area contributed by atoms with Crippen LogP contribution < -0.4 is 10.5 Å². The molecular formula is C22H22Cl2FN5O3. The largest absolute Gasteiger partial charge is 0.489 e. The zero-order chi connectivity index (χ0) is 23.5. The molecule has 0 spiro atoms. The van der Waals surface area contributed by atoms with Gasteiger partial charge in [-0.3, -0.25) is 4.68 Å². The number of likely N-dealkylation sites (tertiary alicyclic amines) is 1. The predicted octanol–water partition coefficient (Wildman–Crippen LogP) is 4.91. The molecule has 0 radical (unpaired) electrons. The van der Waals surface area contributed by atoms with Crippen LogP contribution in [0.1, 0.15) is 24.4 Å². The Balaban J connectivity index is 1.43. The smallest absolute Gasteiger partial charge is 0.407 e. The van der Waals surface area contributed by atoms with Crippen molar-refractivity contribution in [3.05, 3.63) is 58.2 Å². The first kappa shape index (κ1) is 23.1. The van der Waals surface area contributed by atoms with Crippen LogP contribution in [0.2, 0.25) is 10.0 Å². The lowest BCUT2D eigenvalue weighted by Crippen LogP contribution is -2.38. The maximum absolute atomic E-state index is 13.7. The molecule has 0 bridgehead atoms. The van der Waals surface area contributed by atoms with E-state index >= 15 is 0 Å². The zero-order valence-corrected chi connectivity index (χ0v) is 19.1. The lowest BCUT2D eigenvalue weighted by atomic mass is 10.1. The van der Waals surface area contributed by atoms with E-state index < -0.39 is 11.9 Å². The summed E-state index contributed by atoms with van der Waals surface area (Å²) < 4.78 is 21.4. The van der Waals surface area contributed by atoms with Gasteiger partial charge in [-0.05, 0) is 36.6 Å². The summed E-state index contributed by atoms with van der Waals surface area (Å²) in [4.78, 5) is 16.7. The molecule has 2 aromatic heterocycles. The van der Waals surface area contributed by atoms with E-state index in [1.807, 2.05) is 10.9 Å². The maximum Gasteiger partial charge on any atom is 0.407 e. The highest BCUT2D eigenvalue weighted by Gasteiger charge is 2.24. The van der Waals surface area contributed by atoms with Gasteiger partial charge in [0, 0.05) is 48.1 Å². The van der Waals surface area contributed by atoms with Crippen molar-refractivity contribution in [1.29, 1.82) is 0 Å². The van der Waals surface area contributed by atoms with Gasteiger partial charge in [0.2, 0.25) is 0 Å². The number of nitrogens with two attached hydrogens (primary N) is 1. The number of anilines is 1. The number of rotatable bonds is 6. The fourth-order valence-corrected chi connectivity index (χ4v) is 4.36. The first-order valence-electron chi connectivity index (χ1n) is 10.4. The number of amides is 1. The highest BCUT2D eigenvalue weighted by atomic mass is 35.5. The Labute approximate surface area is 199 Å². The van der Waals surface area contributed by atoms with Gasteiger partial charge >= 0.3 is 6.09 Å². The number of ether oxygens (including phenoxy) is 1. The van der Waals surface area contributed by atoms with Crippen molar-refractivity contribution < 1.29 is 19.0 Å². The number of piperidine rings is 1. The average Bonchev–Trinajstić information content (AvgIpc) is 3.30. The van der Waals surface area contributed by atoms with E-state index in [1.165, 1.54) is 17.0 Å². The molecule has 1 aromatic carbocycles. The molecule has 0 aliphatic carbocycles. The minimum atomic E-state index is -0.892. The third-order valence-corrected chi connectivity index (χ3v) is 6.44. The van der Waals surface area contributed by atoms with Crippen LogP contribution >= 0.6 is 23.2 Å². The van der Waals surface area contributed by atoms with Gasteiger partial charge in [-0.25, -0.2) is 14.2 Å². The first-order valence-corrected chi connectivity index (χ1v) is 11.1. The number of hydrogen-bond acceptors (Lipinski definition) is 5. The molecule has 1 saturated heterocycles. The van der Waals surface area contributed by atoms with Gasteiger partial charge in [0.1, 0.15) is 5.82 Å². The summed E-state index contributed by atoms with van der Waals surface area (Å²) in [5.74, 6) is 0.0761. The van der Waals surface area contributed by atoms with Crippen LogP contribution in [-0.2, 0) is 6.42 Å². The summed E-state index contributed by atoms with van der Waals surface area (Å²) in [6, 6.07) is 4.58. The number of benzene rings is 1. The van der Waals surface area contributed by atoms with E-state index in [-0.39, 0.29) is 23.5 Å². The summed E-state index contributed by atoms with van der Waals surface area (Å²) in [6.07, 6.45) is 6.08. The number of carbonyl (C=O) groups is 1. The Hall–Kier alpha value is -3.04. The Morgan fingerprint density at radius 1 is 1.24 bits per heavy atom. The van der Waals surface area contributed by atoms with Crippen molar-refractivity contribution in [2.45, 2.75) is 25.3 Å². The molecule has 1 amide bonds. The standard InChI is InChI=1S/C22H22Cl2FN5O3/c23-17-1-2-18(25)20(24)16(17)5-8-33-19-9-13(10-27-21(19)26)14-11-28-30(12-14)15-3-6-29(7-4-15)22(31)32/h1-2,9-12,15H,3-8H2,(H2,26,27)(H,31,32). The quantitative estimate of drug-likeness (QED) is 0.472. The molecule has 8 nitrogen and oxygen atoms in total. The van der Waals surface area contributed by atoms with Crippen LogP contribution in [0.5, 0.6) is 5.75 Å². The Kier molecular flexibility index (Phi) is 6.90. The van der Waals surface area contributed by atoms with E-state index in [0.29, 0.717) is 48.7 Å². The minimum absolute atomic E-state index is 0.0208. The molecule has 0 saturated carbocycles. The fourth-order valence-electron chi connectivity index (χ4n) is 3.80. The molecule has 3 aromatic rings. The first-order chi connectivity index (χ1) is 15.8. The van der Waals surface area contributed by atoms with E-state index in [4.69, 9.17) is 38.8 Å². The van der Waals surface area contributed by atoms with Crippen molar-refractivity contribution >= 4 is 35.1 Å². The van der Waals surface area contributed by atoms with Gasteiger partial charge in [0.25, 0.3) is 0 Å². The summed E-state index contributed by atoms with van der Waals surface area (Å²) in [7, 11) is 0. The molecule has 0 atom stereocenters. The van der Waals surface area contributed by atoms with Gasteiger partial charge < -0.3 is 20.5 Å². The van der Waals surface area contributed by atoms with Gasteiger partial charge in [0.15, 0.2) is 11.6 Å². The Bertz CT molecular complexity index is 1160. The summed E-state index contributed by atoms with van der Waals surface area (Å²) in [5, 5.41) is 13.9. The molecule has 3 N–H and O–H groups in total. The predicted molar refractivity (Wildman–Crippen MR) is 123 cm³/mol. The van der Waals surface area contributed by atoms with E-state index in [9.17, 15) is 9.18 Å². The number of hydrogen-bond donors (Lipinski definition) is 2. The highest BCUT2D eigenvalue weighted by Crippen LogP contribution is 2.31. The molecule has 1 fully saturated rings. The van der Waals surface area contributed by atoms with Crippen LogP contribution in [0.3, 0.4) is 0 Å². The van der Waals surface area contributed by atoms with Crippen LogP contribution in [-0.4, -0.2) is 50.6 Å². The highest BCUT2D eigenvalue weighted by molar-refractivity contribution is 6.36. The van der Waals surface area contributed by atoms with Gasteiger partial charge in [0.05, 0.1) is 23.9 Å². The third kappa shape index (κ3) is 5.15. The number of carboxylic acid groups (broad SMARTS) is 1. The van der Waals surface area contributed by atoms with Crippen molar-refractivity contribution in [3.8, 4) is 16.9 Å². The normalized spacial score (nSPS) is 14.5. The second kappa shape index (κ2) is 9.84. The van der Waals surface area contributed by atoms with Gasteiger partial charge in [-0.2, -0.15) is 5.10 Å². The van der Waals surface area contributed by atoms with Crippen LogP contribution in [0.15, 0.2) is 36.8 Å². The SMILES string of the molecule is Nc1ncc(-c2cnn(C3CCN(C(=O)O)CC3)c2)cc1OCCc1c(Cl)ccc(F)c1Cl.